The first-order valence-electron chi connectivity index (χ1n) is 7.35. The molecule has 1 saturated heterocycles. The van der Waals surface area contributed by atoms with Crippen LogP contribution in [0.15, 0.2) is 12.1 Å². The highest BCUT2D eigenvalue weighted by atomic mass is 32.1. The van der Waals surface area contributed by atoms with Crippen molar-refractivity contribution in [1.29, 1.82) is 0 Å². The molecule has 0 aromatic carbocycles. The summed E-state index contributed by atoms with van der Waals surface area (Å²) in [5, 5.41) is 12.5. The van der Waals surface area contributed by atoms with Crippen LogP contribution in [-0.4, -0.2) is 46.8 Å². The number of nitrogens with zero attached hydrogens (tertiary/aromatic N) is 1. The van der Waals surface area contributed by atoms with Crippen LogP contribution in [0.25, 0.3) is 0 Å². The highest BCUT2D eigenvalue weighted by Crippen LogP contribution is 2.24. The largest absolute Gasteiger partial charge is 0.480 e. The Labute approximate surface area is 133 Å². The summed E-state index contributed by atoms with van der Waals surface area (Å²) in [4.78, 5) is 36.9. The molecule has 22 heavy (non-hydrogen) atoms. The zero-order chi connectivity index (χ0) is 16.1. The van der Waals surface area contributed by atoms with Crippen LogP contribution in [0, 0.1) is 0 Å². The number of likely N-dealkylation sites (tertiary alicyclic amines) is 1. The van der Waals surface area contributed by atoms with Crippen LogP contribution in [-0.2, 0) is 9.59 Å². The van der Waals surface area contributed by atoms with Crippen molar-refractivity contribution < 1.29 is 19.5 Å². The van der Waals surface area contributed by atoms with E-state index in [-0.39, 0.29) is 11.7 Å². The Morgan fingerprint density at radius 3 is 2.82 bits per heavy atom. The molecule has 120 valence electrons. The number of carboxylic acid groups (broad SMARTS) is 1. The number of carbonyl (C=O) groups is 3. The van der Waals surface area contributed by atoms with Crippen molar-refractivity contribution in [3.8, 4) is 0 Å². The van der Waals surface area contributed by atoms with Crippen molar-refractivity contribution in [3.05, 3.63) is 17.0 Å². The second-order valence-corrected chi connectivity index (χ2v) is 6.49. The lowest BCUT2D eigenvalue weighted by molar-refractivity contribution is -0.144. The summed E-state index contributed by atoms with van der Waals surface area (Å²) in [6.45, 7) is 2.61. The number of hydrogen-bond donors (Lipinski definition) is 2. The number of nitrogens with one attached hydrogen (secondary N) is 1. The van der Waals surface area contributed by atoms with Crippen molar-refractivity contribution in [2.75, 3.05) is 18.4 Å². The van der Waals surface area contributed by atoms with Gasteiger partial charge in [0.05, 0.1) is 9.88 Å². The van der Waals surface area contributed by atoms with Gasteiger partial charge >= 0.3 is 5.97 Å². The van der Waals surface area contributed by atoms with Gasteiger partial charge in [-0.25, -0.2) is 0 Å². The summed E-state index contributed by atoms with van der Waals surface area (Å²) in [5.74, 6) is -0.994. The van der Waals surface area contributed by atoms with Crippen molar-refractivity contribution in [1.82, 2.24) is 4.90 Å². The van der Waals surface area contributed by atoms with E-state index in [0.717, 1.165) is 19.4 Å². The molecule has 0 spiro atoms. The molecule has 7 heteroatoms. The smallest absolute Gasteiger partial charge is 0.320 e. The van der Waals surface area contributed by atoms with Crippen LogP contribution in [0.1, 0.15) is 42.3 Å². The maximum Gasteiger partial charge on any atom is 0.320 e. The Morgan fingerprint density at radius 1 is 1.36 bits per heavy atom. The van der Waals surface area contributed by atoms with Gasteiger partial charge in [-0.1, -0.05) is 6.42 Å². The third kappa shape index (κ3) is 4.38. The Morgan fingerprint density at radius 2 is 2.14 bits per heavy atom. The molecule has 1 unspecified atom stereocenters. The number of aliphatic carboxylic acids is 1. The molecule has 1 atom stereocenters. The summed E-state index contributed by atoms with van der Waals surface area (Å²) >= 11 is 1.25. The summed E-state index contributed by atoms with van der Waals surface area (Å²) < 4.78 is 0. The molecule has 1 aromatic heterocycles. The molecule has 1 aromatic rings. The highest BCUT2D eigenvalue weighted by molar-refractivity contribution is 7.18. The fourth-order valence-corrected chi connectivity index (χ4v) is 3.55. The maximum absolute atomic E-state index is 12.2. The number of thiophene rings is 1. The standard InChI is InChI=1S/C15H20N2O4S/c1-10(18)16-14-6-5-13(22-14)12(19)7-9-17-8-3-2-4-11(17)15(20)21/h5-6,11H,2-4,7-9H2,1H3,(H,16,18)(H,20,21). The molecule has 0 aliphatic carbocycles. The normalized spacial score (nSPS) is 18.9. The van der Waals surface area contributed by atoms with Crippen LogP contribution in [0.2, 0.25) is 0 Å². The van der Waals surface area contributed by atoms with Gasteiger partial charge in [0, 0.05) is 19.9 Å². The molecule has 0 radical (unpaired) electrons. The number of amides is 1. The van der Waals surface area contributed by atoms with Gasteiger partial charge in [0.15, 0.2) is 5.78 Å². The van der Waals surface area contributed by atoms with E-state index in [4.69, 9.17) is 0 Å². The summed E-state index contributed by atoms with van der Waals surface area (Å²) in [7, 11) is 0. The van der Waals surface area contributed by atoms with Crippen LogP contribution in [0.3, 0.4) is 0 Å². The third-order valence-electron chi connectivity index (χ3n) is 3.70. The van der Waals surface area contributed by atoms with E-state index in [1.165, 1.54) is 18.3 Å². The Kier molecular flexibility index (Phi) is 5.68. The number of hydrogen-bond acceptors (Lipinski definition) is 5. The first-order valence-corrected chi connectivity index (χ1v) is 8.16. The van der Waals surface area contributed by atoms with Gasteiger partial charge in [-0.15, -0.1) is 11.3 Å². The Balaban J connectivity index is 1.90. The van der Waals surface area contributed by atoms with Gasteiger partial charge in [0.25, 0.3) is 0 Å². The molecule has 2 heterocycles. The number of piperidine rings is 1. The minimum atomic E-state index is -0.809. The lowest BCUT2D eigenvalue weighted by atomic mass is 10.0. The predicted octanol–water partition coefficient (Wildman–Crippen LogP) is 2.22. The second-order valence-electron chi connectivity index (χ2n) is 5.40. The highest BCUT2D eigenvalue weighted by Gasteiger charge is 2.28. The van der Waals surface area contributed by atoms with Crippen molar-refractivity contribution in [3.63, 3.8) is 0 Å². The number of carbonyl (C=O) groups excluding carboxylic acids is 2. The molecule has 6 nitrogen and oxygen atoms in total. The van der Waals surface area contributed by atoms with Crippen LogP contribution < -0.4 is 5.32 Å². The molecule has 1 amide bonds. The molecule has 0 saturated carbocycles. The summed E-state index contributed by atoms with van der Waals surface area (Å²) in [5.41, 5.74) is 0. The second kappa shape index (κ2) is 7.51. The molecule has 1 aliphatic rings. The van der Waals surface area contributed by atoms with Gasteiger partial charge in [0.2, 0.25) is 5.91 Å². The maximum atomic E-state index is 12.2. The molecular weight excluding hydrogens is 304 g/mol. The average molecular weight is 324 g/mol. The fourth-order valence-electron chi connectivity index (χ4n) is 2.64. The van der Waals surface area contributed by atoms with E-state index >= 15 is 0 Å². The Bertz CT molecular complexity index is 570. The summed E-state index contributed by atoms with van der Waals surface area (Å²) in [6.07, 6.45) is 2.84. The monoisotopic (exact) mass is 324 g/mol. The molecule has 1 fully saturated rings. The van der Waals surface area contributed by atoms with E-state index in [0.29, 0.717) is 29.3 Å². The molecule has 2 N–H and O–H groups in total. The quantitative estimate of drug-likeness (QED) is 0.784. The van der Waals surface area contributed by atoms with E-state index in [1.54, 1.807) is 12.1 Å². The number of rotatable bonds is 6. The van der Waals surface area contributed by atoms with Gasteiger partial charge in [0.1, 0.15) is 6.04 Å². The van der Waals surface area contributed by atoms with Gasteiger partial charge in [-0.3, -0.25) is 19.3 Å². The molecule has 0 bridgehead atoms. The zero-order valence-corrected chi connectivity index (χ0v) is 13.3. The number of Topliss-reactive ketones (excluding diaryl/α,β-unsaturated/α-hetero) is 1. The molecule has 1 aliphatic heterocycles. The number of carboxylic acids is 1. The van der Waals surface area contributed by atoms with Gasteiger partial charge in [-0.2, -0.15) is 0 Å². The van der Waals surface area contributed by atoms with E-state index in [1.807, 2.05) is 4.90 Å². The third-order valence-corrected chi connectivity index (χ3v) is 4.75. The topological polar surface area (TPSA) is 86.7 Å². The van der Waals surface area contributed by atoms with Crippen LogP contribution in [0.4, 0.5) is 5.00 Å². The number of anilines is 1. The van der Waals surface area contributed by atoms with E-state index in [2.05, 4.69) is 5.32 Å². The molecular formula is C15H20N2O4S. The zero-order valence-electron chi connectivity index (χ0n) is 12.5. The minimum absolute atomic E-state index is 0.0173. The van der Waals surface area contributed by atoms with Crippen molar-refractivity contribution in [2.45, 2.75) is 38.6 Å². The SMILES string of the molecule is CC(=O)Nc1ccc(C(=O)CCN2CCCCC2C(=O)O)s1. The summed E-state index contributed by atoms with van der Waals surface area (Å²) in [6, 6.07) is 2.93. The first-order chi connectivity index (χ1) is 10.5. The first kappa shape index (κ1) is 16.6. The lowest BCUT2D eigenvalue weighted by Crippen LogP contribution is -2.45. The van der Waals surface area contributed by atoms with E-state index < -0.39 is 12.0 Å². The fraction of sp³-hybridized carbons (Fsp3) is 0.533. The lowest BCUT2D eigenvalue weighted by Gasteiger charge is -2.32. The Hall–Kier alpha value is -1.73. The van der Waals surface area contributed by atoms with Crippen LogP contribution >= 0.6 is 11.3 Å². The molecule has 2 rings (SSSR count). The predicted molar refractivity (Wildman–Crippen MR) is 84.4 cm³/mol. The number of ketones is 1. The van der Waals surface area contributed by atoms with Crippen molar-refractivity contribution >= 4 is 34.0 Å². The average Bonchev–Trinajstić information content (AvgIpc) is 2.92. The van der Waals surface area contributed by atoms with E-state index in [9.17, 15) is 19.5 Å². The van der Waals surface area contributed by atoms with Gasteiger partial charge in [-0.05, 0) is 31.5 Å². The van der Waals surface area contributed by atoms with Crippen LogP contribution in [0.5, 0.6) is 0 Å². The van der Waals surface area contributed by atoms with Crippen molar-refractivity contribution in [2.24, 2.45) is 0 Å². The van der Waals surface area contributed by atoms with Gasteiger partial charge < -0.3 is 10.4 Å². The minimum Gasteiger partial charge on any atom is -0.480 e.